The second-order valence-corrected chi connectivity index (χ2v) is 6.99. The van der Waals surface area contributed by atoms with Gasteiger partial charge in [-0.05, 0) is 87.1 Å². The number of furan rings is 1. The van der Waals surface area contributed by atoms with E-state index in [1.165, 1.54) is 0 Å². The van der Waals surface area contributed by atoms with Gasteiger partial charge in [0.1, 0.15) is 23.9 Å². The lowest BCUT2D eigenvalue weighted by atomic mass is 10.3. The SMILES string of the molecule is O=C(Nc1ccc(Br)cn1)c1ccc(COc2ccc(I)cc2)o1. The fourth-order valence-corrected chi connectivity index (χ4v) is 2.48. The number of amides is 1. The molecule has 3 rings (SSSR count). The number of carbonyl (C=O) groups excluding carboxylic acids is 1. The van der Waals surface area contributed by atoms with Gasteiger partial charge in [0.05, 0.1) is 0 Å². The van der Waals surface area contributed by atoms with E-state index < -0.39 is 0 Å². The first kappa shape index (κ1) is 17.0. The topological polar surface area (TPSA) is 64.4 Å². The summed E-state index contributed by atoms with van der Waals surface area (Å²) in [5, 5.41) is 2.67. The molecule has 1 aromatic carbocycles. The van der Waals surface area contributed by atoms with Crippen molar-refractivity contribution in [2.75, 3.05) is 5.32 Å². The minimum atomic E-state index is -0.356. The van der Waals surface area contributed by atoms with E-state index in [1.54, 1.807) is 30.5 Å². The summed E-state index contributed by atoms with van der Waals surface area (Å²) in [4.78, 5) is 16.2. The Balaban J connectivity index is 1.59. The molecule has 2 aromatic heterocycles. The van der Waals surface area contributed by atoms with Gasteiger partial charge in [0, 0.05) is 14.2 Å². The number of ether oxygens (including phenoxy) is 1. The zero-order valence-corrected chi connectivity index (χ0v) is 16.1. The van der Waals surface area contributed by atoms with Gasteiger partial charge >= 0.3 is 0 Å². The molecule has 3 aromatic rings. The maximum Gasteiger partial charge on any atom is 0.292 e. The Kier molecular flexibility index (Phi) is 5.52. The van der Waals surface area contributed by atoms with E-state index in [0.29, 0.717) is 11.6 Å². The quantitative estimate of drug-likeness (QED) is 0.509. The van der Waals surface area contributed by atoms with E-state index in [-0.39, 0.29) is 18.3 Å². The average molecular weight is 499 g/mol. The number of pyridine rings is 1. The highest BCUT2D eigenvalue weighted by molar-refractivity contribution is 14.1. The summed E-state index contributed by atoms with van der Waals surface area (Å²) in [6.07, 6.45) is 1.61. The van der Waals surface area contributed by atoms with Crippen LogP contribution in [0.25, 0.3) is 0 Å². The molecule has 0 bridgehead atoms. The lowest BCUT2D eigenvalue weighted by Crippen LogP contribution is -2.11. The smallest absolute Gasteiger partial charge is 0.292 e. The predicted octanol–water partition coefficient (Wildman–Crippen LogP) is 4.87. The highest BCUT2D eigenvalue weighted by atomic mass is 127. The van der Waals surface area contributed by atoms with Gasteiger partial charge in [-0.3, -0.25) is 4.79 Å². The third-order valence-corrected chi connectivity index (χ3v) is 4.24. The van der Waals surface area contributed by atoms with E-state index in [0.717, 1.165) is 13.8 Å². The first-order valence-electron chi connectivity index (χ1n) is 7.00. The first-order valence-corrected chi connectivity index (χ1v) is 8.87. The maximum absolute atomic E-state index is 12.1. The molecule has 24 heavy (non-hydrogen) atoms. The van der Waals surface area contributed by atoms with E-state index in [9.17, 15) is 4.79 Å². The number of hydrogen-bond donors (Lipinski definition) is 1. The molecule has 0 atom stereocenters. The van der Waals surface area contributed by atoms with Gasteiger partial charge in [-0.2, -0.15) is 0 Å². The summed E-state index contributed by atoms with van der Waals surface area (Å²) in [6.45, 7) is 0.254. The molecule has 0 spiro atoms. The normalized spacial score (nSPS) is 10.4. The largest absolute Gasteiger partial charge is 0.486 e. The number of carbonyl (C=O) groups is 1. The zero-order chi connectivity index (χ0) is 16.9. The van der Waals surface area contributed by atoms with E-state index >= 15 is 0 Å². The van der Waals surface area contributed by atoms with Crippen LogP contribution in [0.3, 0.4) is 0 Å². The molecule has 5 nitrogen and oxygen atoms in total. The minimum Gasteiger partial charge on any atom is -0.486 e. The second kappa shape index (κ2) is 7.80. The van der Waals surface area contributed by atoms with Crippen molar-refractivity contribution in [1.82, 2.24) is 4.98 Å². The van der Waals surface area contributed by atoms with Gasteiger partial charge in [-0.15, -0.1) is 0 Å². The van der Waals surface area contributed by atoms with Crippen molar-refractivity contribution in [1.29, 1.82) is 0 Å². The fraction of sp³-hybridized carbons (Fsp3) is 0.0588. The monoisotopic (exact) mass is 498 g/mol. The Morgan fingerprint density at radius 2 is 1.96 bits per heavy atom. The Labute approximate surface area is 160 Å². The van der Waals surface area contributed by atoms with Crippen molar-refractivity contribution in [2.45, 2.75) is 6.61 Å². The van der Waals surface area contributed by atoms with Crippen LogP contribution in [0.15, 0.2) is 63.6 Å². The highest BCUT2D eigenvalue weighted by Crippen LogP contribution is 2.17. The number of benzene rings is 1. The van der Waals surface area contributed by atoms with Crippen LogP contribution in [0, 0.1) is 3.57 Å². The van der Waals surface area contributed by atoms with Gasteiger partial charge in [0.25, 0.3) is 5.91 Å². The van der Waals surface area contributed by atoms with Crippen LogP contribution >= 0.6 is 38.5 Å². The molecule has 0 saturated carbocycles. The maximum atomic E-state index is 12.1. The number of halogens is 2. The molecule has 0 aliphatic heterocycles. The van der Waals surface area contributed by atoms with Crippen LogP contribution in [0.1, 0.15) is 16.3 Å². The molecule has 2 heterocycles. The molecule has 0 aliphatic carbocycles. The van der Waals surface area contributed by atoms with Crippen LogP contribution in [0.2, 0.25) is 0 Å². The average Bonchev–Trinajstić information content (AvgIpc) is 3.06. The van der Waals surface area contributed by atoms with Crippen molar-refractivity contribution < 1.29 is 13.9 Å². The van der Waals surface area contributed by atoms with E-state index in [1.807, 2.05) is 24.3 Å². The Bertz CT molecular complexity index is 832. The van der Waals surface area contributed by atoms with Crippen LogP contribution in [0.5, 0.6) is 5.75 Å². The van der Waals surface area contributed by atoms with Crippen LogP contribution < -0.4 is 10.1 Å². The molecule has 1 N–H and O–H groups in total. The lowest BCUT2D eigenvalue weighted by Gasteiger charge is -2.04. The minimum absolute atomic E-state index is 0.209. The number of rotatable bonds is 5. The Morgan fingerprint density at radius 3 is 2.67 bits per heavy atom. The van der Waals surface area contributed by atoms with E-state index in [2.05, 4.69) is 48.8 Å². The van der Waals surface area contributed by atoms with Crippen molar-refractivity contribution in [3.63, 3.8) is 0 Å². The number of anilines is 1. The lowest BCUT2D eigenvalue weighted by molar-refractivity contribution is 0.0992. The summed E-state index contributed by atoms with van der Waals surface area (Å²) >= 11 is 5.52. The number of hydrogen-bond acceptors (Lipinski definition) is 4. The van der Waals surface area contributed by atoms with Crippen LogP contribution in [-0.4, -0.2) is 10.9 Å². The van der Waals surface area contributed by atoms with Gasteiger partial charge < -0.3 is 14.5 Å². The van der Waals surface area contributed by atoms with Crippen molar-refractivity contribution >= 4 is 50.2 Å². The first-order chi connectivity index (χ1) is 11.6. The van der Waals surface area contributed by atoms with Gasteiger partial charge in [0.2, 0.25) is 0 Å². The van der Waals surface area contributed by atoms with Gasteiger partial charge in [-0.25, -0.2) is 4.98 Å². The van der Waals surface area contributed by atoms with Crippen LogP contribution in [0.4, 0.5) is 5.82 Å². The molecular weight excluding hydrogens is 487 g/mol. The molecule has 0 unspecified atom stereocenters. The molecule has 122 valence electrons. The molecular formula is C17H12BrIN2O3. The molecule has 1 amide bonds. The molecule has 0 radical (unpaired) electrons. The summed E-state index contributed by atoms with van der Waals surface area (Å²) < 4.78 is 13.1. The Hall–Kier alpha value is -1.87. The third-order valence-electron chi connectivity index (χ3n) is 3.05. The summed E-state index contributed by atoms with van der Waals surface area (Å²) in [7, 11) is 0. The van der Waals surface area contributed by atoms with E-state index in [4.69, 9.17) is 9.15 Å². The number of aromatic nitrogens is 1. The fourth-order valence-electron chi connectivity index (χ4n) is 1.89. The highest BCUT2D eigenvalue weighted by Gasteiger charge is 2.12. The summed E-state index contributed by atoms with van der Waals surface area (Å²) in [5.41, 5.74) is 0. The summed E-state index contributed by atoms with van der Waals surface area (Å²) in [6, 6.07) is 14.5. The number of nitrogens with zero attached hydrogens (tertiary/aromatic N) is 1. The molecule has 7 heteroatoms. The van der Waals surface area contributed by atoms with Gasteiger partial charge in [0.15, 0.2) is 5.76 Å². The van der Waals surface area contributed by atoms with Gasteiger partial charge in [-0.1, -0.05) is 0 Å². The third kappa shape index (κ3) is 4.57. The zero-order valence-electron chi connectivity index (χ0n) is 12.3. The van der Waals surface area contributed by atoms with Crippen molar-refractivity contribution in [3.8, 4) is 5.75 Å². The second-order valence-electron chi connectivity index (χ2n) is 4.82. The molecule has 0 saturated heterocycles. The molecule has 0 fully saturated rings. The standard InChI is InChI=1S/C17H12BrIN2O3/c18-11-1-8-16(20-9-11)21-17(22)15-7-6-14(24-15)10-23-13-4-2-12(19)3-5-13/h1-9H,10H2,(H,20,21,22). The predicted molar refractivity (Wildman–Crippen MR) is 102 cm³/mol. The number of nitrogens with one attached hydrogen (secondary N) is 1. The molecule has 0 aliphatic rings. The Morgan fingerprint density at radius 1 is 1.17 bits per heavy atom. The van der Waals surface area contributed by atoms with Crippen LogP contribution in [-0.2, 0) is 6.61 Å². The van der Waals surface area contributed by atoms with Crippen molar-refractivity contribution in [2.24, 2.45) is 0 Å². The van der Waals surface area contributed by atoms with Crippen molar-refractivity contribution in [3.05, 3.63) is 74.3 Å². The summed E-state index contributed by atoms with van der Waals surface area (Å²) in [5.74, 6) is 1.63.